The molecule has 1 aliphatic heterocycles. The number of fused-ring (bicyclic) bond motifs is 2. The van der Waals surface area contributed by atoms with Gasteiger partial charge in [-0.3, -0.25) is 0 Å². The fourth-order valence-electron chi connectivity index (χ4n) is 1.96. The van der Waals surface area contributed by atoms with E-state index in [1.807, 2.05) is 6.92 Å². The van der Waals surface area contributed by atoms with E-state index in [0.717, 1.165) is 19.1 Å². The summed E-state index contributed by atoms with van der Waals surface area (Å²) in [7, 11) is 0. The first-order chi connectivity index (χ1) is 5.40. The van der Waals surface area contributed by atoms with Gasteiger partial charge in [0.2, 0.25) is 0 Å². The number of hydrogen-bond donors (Lipinski definition) is 1. The smallest absolute Gasteiger partial charge is 0.0625 e. The van der Waals surface area contributed by atoms with Gasteiger partial charge < -0.3 is 10.1 Å². The van der Waals surface area contributed by atoms with E-state index in [9.17, 15) is 0 Å². The molecule has 0 aromatic heterocycles. The van der Waals surface area contributed by atoms with E-state index in [2.05, 4.69) is 17.5 Å². The van der Waals surface area contributed by atoms with E-state index >= 15 is 0 Å². The van der Waals surface area contributed by atoms with Crippen molar-refractivity contribution in [3.63, 3.8) is 0 Å². The minimum absolute atomic E-state index is 0.588. The third-order valence-electron chi connectivity index (χ3n) is 2.56. The molecule has 1 fully saturated rings. The molecule has 62 valence electrons. The lowest BCUT2D eigenvalue weighted by atomic mass is 10.0. The van der Waals surface area contributed by atoms with Crippen LogP contribution in [0.2, 0.25) is 0 Å². The number of rotatable bonds is 3. The maximum atomic E-state index is 5.37. The molecule has 1 saturated heterocycles. The van der Waals surface area contributed by atoms with Crippen molar-refractivity contribution in [3.05, 3.63) is 12.2 Å². The molecule has 2 heteroatoms. The number of nitrogens with one attached hydrogen (secondary N) is 1. The van der Waals surface area contributed by atoms with Crippen molar-refractivity contribution in [2.75, 3.05) is 13.2 Å². The van der Waals surface area contributed by atoms with Crippen molar-refractivity contribution in [1.29, 1.82) is 0 Å². The van der Waals surface area contributed by atoms with Crippen LogP contribution in [-0.2, 0) is 4.74 Å². The Labute approximate surface area is 67.6 Å². The van der Waals surface area contributed by atoms with Gasteiger partial charge in [0.05, 0.1) is 6.61 Å². The average molecular weight is 153 g/mol. The van der Waals surface area contributed by atoms with Crippen molar-refractivity contribution in [2.24, 2.45) is 5.92 Å². The summed E-state index contributed by atoms with van der Waals surface area (Å²) in [5.41, 5.74) is 0. The van der Waals surface area contributed by atoms with Crippen LogP contribution in [0.15, 0.2) is 12.2 Å². The summed E-state index contributed by atoms with van der Waals surface area (Å²) >= 11 is 0. The summed E-state index contributed by atoms with van der Waals surface area (Å²) in [6.07, 6.45) is 5.88. The van der Waals surface area contributed by atoms with Gasteiger partial charge in [0.1, 0.15) is 0 Å². The first-order valence-electron chi connectivity index (χ1n) is 4.42. The van der Waals surface area contributed by atoms with Gasteiger partial charge >= 0.3 is 0 Å². The van der Waals surface area contributed by atoms with Gasteiger partial charge in [-0.2, -0.15) is 0 Å². The fourth-order valence-corrected chi connectivity index (χ4v) is 1.96. The van der Waals surface area contributed by atoms with Gasteiger partial charge in [-0.25, -0.2) is 0 Å². The second-order valence-corrected chi connectivity index (χ2v) is 3.32. The molecule has 3 unspecified atom stereocenters. The van der Waals surface area contributed by atoms with Crippen LogP contribution in [0, 0.1) is 5.92 Å². The lowest BCUT2D eigenvalue weighted by Gasteiger charge is -2.18. The topological polar surface area (TPSA) is 21.3 Å². The summed E-state index contributed by atoms with van der Waals surface area (Å²) in [4.78, 5) is 0. The Bertz CT molecular complexity index is 167. The molecule has 1 aliphatic carbocycles. The van der Waals surface area contributed by atoms with Crippen LogP contribution in [-0.4, -0.2) is 25.3 Å². The first kappa shape index (κ1) is 7.32. The van der Waals surface area contributed by atoms with Gasteiger partial charge in [-0.1, -0.05) is 12.2 Å². The normalized spacial score (nSPS) is 40.3. The van der Waals surface area contributed by atoms with Crippen molar-refractivity contribution >= 4 is 0 Å². The van der Waals surface area contributed by atoms with Crippen LogP contribution in [0.5, 0.6) is 0 Å². The Morgan fingerprint density at radius 3 is 3.00 bits per heavy atom. The van der Waals surface area contributed by atoms with Crippen LogP contribution in [0.4, 0.5) is 0 Å². The summed E-state index contributed by atoms with van der Waals surface area (Å²) in [5, 5.41) is 3.51. The van der Waals surface area contributed by atoms with E-state index in [-0.39, 0.29) is 0 Å². The molecular formula is C9H15NO. The third-order valence-corrected chi connectivity index (χ3v) is 2.56. The standard InChI is InChI=1S/C9H15NO/c1-2-11-6-9-7-3-4-8(5-7)10-9/h3-4,7-10H,2,5-6H2,1H3. The van der Waals surface area contributed by atoms with Crippen molar-refractivity contribution in [3.8, 4) is 0 Å². The van der Waals surface area contributed by atoms with E-state index in [4.69, 9.17) is 4.74 Å². The van der Waals surface area contributed by atoms with Crippen LogP contribution >= 0.6 is 0 Å². The Morgan fingerprint density at radius 2 is 2.45 bits per heavy atom. The molecule has 3 atom stereocenters. The molecule has 1 heterocycles. The lowest BCUT2D eigenvalue weighted by Crippen LogP contribution is -2.36. The molecule has 2 bridgehead atoms. The Kier molecular flexibility index (Phi) is 1.96. The zero-order chi connectivity index (χ0) is 7.68. The minimum Gasteiger partial charge on any atom is -0.380 e. The predicted octanol–water partition coefficient (Wildman–Crippen LogP) is 0.939. The van der Waals surface area contributed by atoms with Gasteiger partial charge in [0.25, 0.3) is 0 Å². The zero-order valence-electron chi connectivity index (χ0n) is 6.92. The Balaban J connectivity index is 1.84. The molecule has 0 amide bonds. The quantitative estimate of drug-likeness (QED) is 0.609. The molecule has 1 N–H and O–H groups in total. The number of hydrogen-bond acceptors (Lipinski definition) is 2. The molecule has 0 aromatic rings. The lowest BCUT2D eigenvalue weighted by molar-refractivity contribution is 0.119. The summed E-state index contributed by atoms with van der Waals surface area (Å²) in [6.45, 7) is 3.75. The monoisotopic (exact) mass is 153 g/mol. The highest BCUT2D eigenvalue weighted by Crippen LogP contribution is 2.28. The van der Waals surface area contributed by atoms with E-state index in [1.54, 1.807) is 0 Å². The summed E-state index contributed by atoms with van der Waals surface area (Å²) in [5.74, 6) is 0.742. The molecule has 2 rings (SSSR count). The van der Waals surface area contributed by atoms with Crippen LogP contribution in [0.25, 0.3) is 0 Å². The van der Waals surface area contributed by atoms with Crippen molar-refractivity contribution < 1.29 is 4.74 Å². The molecule has 0 saturated carbocycles. The maximum Gasteiger partial charge on any atom is 0.0625 e. The SMILES string of the molecule is CCOCC1NC2C=CC1C2. The maximum absolute atomic E-state index is 5.37. The Morgan fingerprint density at radius 1 is 1.55 bits per heavy atom. The average Bonchev–Trinajstić information content (AvgIpc) is 2.60. The van der Waals surface area contributed by atoms with Gasteiger partial charge in [0.15, 0.2) is 0 Å². The largest absolute Gasteiger partial charge is 0.380 e. The van der Waals surface area contributed by atoms with E-state index < -0.39 is 0 Å². The van der Waals surface area contributed by atoms with Gasteiger partial charge in [-0.15, -0.1) is 0 Å². The van der Waals surface area contributed by atoms with Crippen LogP contribution in [0.1, 0.15) is 13.3 Å². The summed E-state index contributed by atoms with van der Waals surface area (Å²) < 4.78 is 5.37. The van der Waals surface area contributed by atoms with Gasteiger partial charge in [-0.05, 0) is 19.3 Å². The first-order valence-corrected chi connectivity index (χ1v) is 4.42. The van der Waals surface area contributed by atoms with Crippen molar-refractivity contribution in [1.82, 2.24) is 5.32 Å². The third kappa shape index (κ3) is 1.33. The van der Waals surface area contributed by atoms with Crippen molar-refractivity contribution in [2.45, 2.75) is 25.4 Å². The molecule has 11 heavy (non-hydrogen) atoms. The highest BCUT2D eigenvalue weighted by Gasteiger charge is 2.34. The minimum atomic E-state index is 0.588. The predicted molar refractivity (Wildman–Crippen MR) is 44.5 cm³/mol. The second kappa shape index (κ2) is 2.95. The van der Waals surface area contributed by atoms with Crippen LogP contribution < -0.4 is 5.32 Å². The molecule has 0 spiro atoms. The van der Waals surface area contributed by atoms with E-state index in [0.29, 0.717) is 12.1 Å². The summed E-state index contributed by atoms with van der Waals surface area (Å²) in [6, 6.07) is 1.23. The fraction of sp³-hybridized carbons (Fsp3) is 0.778. The molecule has 0 radical (unpaired) electrons. The Hall–Kier alpha value is -0.340. The molecule has 0 aromatic carbocycles. The molecule has 2 aliphatic rings. The second-order valence-electron chi connectivity index (χ2n) is 3.32. The highest BCUT2D eigenvalue weighted by atomic mass is 16.5. The van der Waals surface area contributed by atoms with Gasteiger partial charge in [0, 0.05) is 18.7 Å². The molecule has 2 nitrogen and oxygen atoms in total. The zero-order valence-corrected chi connectivity index (χ0v) is 6.92. The van der Waals surface area contributed by atoms with Crippen LogP contribution in [0.3, 0.4) is 0 Å². The highest BCUT2D eigenvalue weighted by molar-refractivity contribution is 5.15. The van der Waals surface area contributed by atoms with E-state index in [1.165, 1.54) is 6.42 Å². The number of ether oxygens (including phenoxy) is 1. The molecular weight excluding hydrogens is 138 g/mol.